The number of rotatable bonds is 3. The van der Waals surface area contributed by atoms with Gasteiger partial charge in [-0.15, -0.1) is 0 Å². The molecule has 0 aliphatic carbocycles. The summed E-state index contributed by atoms with van der Waals surface area (Å²) in [6.45, 7) is 0. The summed E-state index contributed by atoms with van der Waals surface area (Å²) < 4.78 is 7.73. The number of aromatic nitrogens is 2. The maximum absolute atomic E-state index is 10.8. The second-order valence-electron chi connectivity index (χ2n) is 3.16. The molecule has 0 atom stereocenters. The van der Waals surface area contributed by atoms with Gasteiger partial charge in [-0.2, -0.15) is 0 Å². The number of carbonyl (C=O) groups excluding carboxylic acids is 1. The van der Waals surface area contributed by atoms with Crippen LogP contribution in [0.15, 0.2) is 35.2 Å². The van der Waals surface area contributed by atoms with E-state index in [4.69, 9.17) is 4.74 Å². The molecule has 0 fully saturated rings. The van der Waals surface area contributed by atoms with Crippen LogP contribution in [0.2, 0.25) is 0 Å². The Morgan fingerprint density at radius 3 is 2.94 bits per heavy atom. The second kappa shape index (κ2) is 4.49. The molecule has 2 aromatic rings. The Bertz CT molecular complexity index is 522. The van der Waals surface area contributed by atoms with Crippen molar-refractivity contribution in [1.82, 2.24) is 9.55 Å². The van der Waals surface area contributed by atoms with E-state index >= 15 is 0 Å². The first kappa shape index (κ1) is 10.9. The Kier molecular flexibility index (Phi) is 3.05. The lowest BCUT2D eigenvalue weighted by atomic mass is 10.3. The minimum atomic E-state index is 0.500. The highest BCUT2D eigenvalue weighted by molar-refractivity contribution is 9.10. The van der Waals surface area contributed by atoms with E-state index in [-0.39, 0.29) is 0 Å². The molecule has 0 amide bonds. The number of hydrogen-bond donors (Lipinski definition) is 0. The Balaban J connectivity index is 2.55. The second-order valence-corrected chi connectivity index (χ2v) is 4.07. The molecule has 0 spiro atoms. The summed E-state index contributed by atoms with van der Waals surface area (Å²) in [4.78, 5) is 14.7. The summed E-state index contributed by atoms with van der Waals surface area (Å²) in [5.74, 6) is 0.718. The van der Waals surface area contributed by atoms with Gasteiger partial charge in [0.1, 0.15) is 11.4 Å². The first-order chi connectivity index (χ1) is 7.74. The van der Waals surface area contributed by atoms with Crippen molar-refractivity contribution >= 4 is 22.2 Å². The van der Waals surface area contributed by atoms with Crippen LogP contribution in [0.3, 0.4) is 0 Å². The van der Waals surface area contributed by atoms with Gasteiger partial charge in [-0.25, -0.2) is 4.98 Å². The quantitative estimate of drug-likeness (QED) is 0.812. The van der Waals surface area contributed by atoms with E-state index in [0.29, 0.717) is 5.69 Å². The van der Waals surface area contributed by atoms with Crippen molar-refractivity contribution in [2.75, 3.05) is 7.11 Å². The van der Waals surface area contributed by atoms with Gasteiger partial charge < -0.3 is 4.74 Å². The third-order valence-electron chi connectivity index (χ3n) is 2.16. The average molecular weight is 281 g/mol. The molecular formula is C11H9BrN2O2. The number of nitrogens with zero attached hydrogens (tertiary/aromatic N) is 2. The van der Waals surface area contributed by atoms with Gasteiger partial charge in [-0.1, -0.05) is 15.9 Å². The number of aldehydes is 1. The zero-order chi connectivity index (χ0) is 11.5. The molecule has 5 heteroatoms. The SMILES string of the molecule is COc1cc(Br)cc(-n2cncc2C=O)c1. The molecule has 16 heavy (non-hydrogen) atoms. The van der Waals surface area contributed by atoms with Gasteiger partial charge >= 0.3 is 0 Å². The molecule has 0 N–H and O–H groups in total. The van der Waals surface area contributed by atoms with Crippen molar-refractivity contribution in [2.45, 2.75) is 0 Å². The maximum Gasteiger partial charge on any atom is 0.168 e. The monoisotopic (exact) mass is 280 g/mol. The summed E-state index contributed by atoms with van der Waals surface area (Å²) in [6, 6.07) is 5.57. The van der Waals surface area contributed by atoms with E-state index in [2.05, 4.69) is 20.9 Å². The van der Waals surface area contributed by atoms with Crippen LogP contribution in [-0.2, 0) is 0 Å². The molecule has 0 saturated carbocycles. The van der Waals surface area contributed by atoms with Gasteiger partial charge in [0.2, 0.25) is 0 Å². The van der Waals surface area contributed by atoms with Crippen molar-refractivity contribution in [2.24, 2.45) is 0 Å². The van der Waals surface area contributed by atoms with E-state index in [1.807, 2.05) is 18.2 Å². The molecular weight excluding hydrogens is 272 g/mol. The molecule has 0 saturated heterocycles. The molecule has 1 aromatic carbocycles. The number of carbonyl (C=O) groups is 1. The van der Waals surface area contributed by atoms with Crippen molar-refractivity contribution < 1.29 is 9.53 Å². The summed E-state index contributed by atoms with van der Waals surface area (Å²) in [5, 5.41) is 0. The maximum atomic E-state index is 10.8. The Labute approximate surface area is 101 Å². The first-order valence-electron chi connectivity index (χ1n) is 4.57. The van der Waals surface area contributed by atoms with Crippen molar-refractivity contribution in [1.29, 1.82) is 0 Å². The Morgan fingerprint density at radius 1 is 1.44 bits per heavy atom. The zero-order valence-corrected chi connectivity index (χ0v) is 10.1. The topological polar surface area (TPSA) is 44.1 Å². The van der Waals surface area contributed by atoms with Crippen LogP contribution in [0.4, 0.5) is 0 Å². The van der Waals surface area contributed by atoms with Crippen molar-refractivity contribution in [3.05, 3.63) is 40.9 Å². The molecule has 0 aliphatic heterocycles. The number of benzene rings is 1. The van der Waals surface area contributed by atoms with Gasteiger partial charge in [-0.3, -0.25) is 9.36 Å². The zero-order valence-electron chi connectivity index (χ0n) is 8.55. The minimum Gasteiger partial charge on any atom is -0.497 e. The lowest BCUT2D eigenvalue weighted by molar-refractivity contribution is 0.111. The summed E-state index contributed by atoms with van der Waals surface area (Å²) in [5.41, 5.74) is 1.32. The predicted molar refractivity (Wildman–Crippen MR) is 63.2 cm³/mol. The van der Waals surface area contributed by atoms with Crippen LogP contribution in [0.25, 0.3) is 5.69 Å². The Morgan fingerprint density at radius 2 is 2.25 bits per heavy atom. The highest BCUT2D eigenvalue weighted by Gasteiger charge is 2.05. The number of imidazole rings is 1. The standard InChI is InChI=1S/C11H9BrN2O2/c1-16-11-3-8(12)2-9(4-11)14-7-13-5-10(14)6-15/h2-7H,1H3. The molecule has 82 valence electrons. The predicted octanol–water partition coefficient (Wildman–Crippen LogP) is 2.46. The summed E-state index contributed by atoms with van der Waals surface area (Å²) >= 11 is 3.38. The molecule has 4 nitrogen and oxygen atoms in total. The molecule has 0 radical (unpaired) electrons. The average Bonchev–Trinajstić information content (AvgIpc) is 2.76. The van der Waals surface area contributed by atoms with Crippen LogP contribution < -0.4 is 4.74 Å². The van der Waals surface area contributed by atoms with Crippen LogP contribution in [0.1, 0.15) is 10.5 Å². The molecule has 0 aliphatic rings. The molecule has 1 aromatic heterocycles. The number of methoxy groups -OCH3 is 1. The molecule has 1 heterocycles. The summed E-state index contributed by atoms with van der Waals surface area (Å²) in [7, 11) is 1.60. The van der Waals surface area contributed by atoms with Crippen LogP contribution >= 0.6 is 15.9 Å². The van der Waals surface area contributed by atoms with Gasteiger partial charge in [0.05, 0.1) is 25.3 Å². The third-order valence-corrected chi connectivity index (χ3v) is 2.62. The van der Waals surface area contributed by atoms with Crippen molar-refractivity contribution in [3.8, 4) is 11.4 Å². The first-order valence-corrected chi connectivity index (χ1v) is 5.36. The Hall–Kier alpha value is -1.62. The van der Waals surface area contributed by atoms with Gasteiger partial charge in [0.25, 0.3) is 0 Å². The van der Waals surface area contributed by atoms with Crippen LogP contribution in [0.5, 0.6) is 5.75 Å². The van der Waals surface area contributed by atoms with Gasteiger partial charge in [0, 0.05) is 10.5 Å². The van der Waals surface area contributed by atoms with Crippen LogP contribution in [-0.4, -0.2) is 22.9 Å². The molecule has 2 rings (SSSR count). The fraction of sp³-hybridized carbons (Fsp3) is 0.0909. The highest BCUT2D eigenvalue weighted by atomic mass is 79.9. The largest absolute Gasteiger partial charge is 0.497 e. The highest BCUT2D eigenvalue weighted by Crippen LogP contribution is 2.24. The third kappa shape index (κ3) is 1.99. The van der Waals surface area contributed by atoms with Gasteiger partial charge in [0.15, 0.2) is 6.29 Å². The minimum absolute atomic E-state index is 0.500. The lowest BCUT2D eigenvalue weighted by Gasteiger charge is -2.07. The van der Waals surface area contributed by atoms with Crippen LogP contribution in [0, 0.1) is 0 Å². The normalized spacial score (nSPS) is 10.1. The summed E-state index contributed by atoms with van der Waals surface area (Å²) in [6.07, 6.45) is 3.87. The molecule has 0 bridgehead atoms. The fourth-order valence-electron chi connectivity index (χ4n) is 1.41. The smallest absolute Gasteiger partial charge is 0.168 e. The number of halogens is 1. The van der Waals surface area contributed by atoms with E-state index in [1.54, 1.807) is 18.0 Å². The number of ether oxygens (including phenoxy) is 1. The lowest BCUT2D eigenvalue weighted by Crippen LogP contribution is -1.98. The van der Waals surface area contributed by atoms with E-state index in [9.17, 15) is 4.79 Å². The van der Waals surface area contributed by atoms with E-state index in [1.165, 1.54) is 6.20 Å². The number of hydrogen-bond acceptors (Lipinski definition) is 3. The van der Waals surface area contributed by atoms with E-state index in [0.717, 1.165) is 22.2 Å². The van der Waals surface area contributed by atoms with Crippen molar-refractivity contribution in [3.63, 3.8) is 0 Å². The molecule has 0 unspecified atom stereocenters. The van der Waals surface area contributed by atoms with Gasteiger partial charge in [-0.05, 0) is 12.1 Å². The van der Waals surface area contributed by atoms with E-state index < -0.39 is 0 Å². The fourth-order valence-corrected chi connectivity index (χ4v) is 1.87.